The van der Waals surface area contributed by atoms with Gasteiger partial charge in [0.2, 0.25) is 0 Å². The summed E-state index contributed by atoms with van der Waals surface area (Å²) in [5, 5.41) is 11.6. The monoisotopic (exact) mass is 253 g/mol. The largest absolute Gasteiger partial charge is 0.359 e. The topological polar surface area (TPSA) is 33.0 Å². The molecule has 0 aromatic heterocycles. The number of ether oxygens (including phenoxy) is 1. The predicted octanol–water partition coefficient (Wildman–Crippen LogP) is 4.61. The maximum atomic E-state index is 9.23. The first-order valence-electron chi connectivity index (χ1n) is 6.85. The van der Waals surface area contributed by atoms with Gasteiger partial charge in [0.15, 0.2) is 6.10 Å². The molecule has 0 radical (unpaired) electrons. The minimum atomic E-state index is -0.457. The Labute approximate surface area is 114 Å². The van der Waals surface area contributed by atoms with E-state index < -0.39 is 6.10 Å². The minimum Gasteiger partial charge on any atom is -0.359 e. The lowest BCUT2D eigenvalue weighted by molar-refractivity contribution is 0.0871. The zero-order valence-electron chi connectivity index (χ0n) is 11.3. The first-order valence-corrected chi connectivity index (χ1v) is 6.85. The number of nitrogens with zero attached hydrogens (tertiary/aromatic N) is 1. The maximum absolute atomic E-state index is 9.23. The molecule has 0 spiro atoms. The molecule has 0 amide bonds. The predicted molar refractivity (Wildman–Crippen MR) is 77.8 cm³/mol. The summed E-state index contributed by atoms with van der Waals surface area (Å²) < 4.78 is 5.67. The van der Waals surface area contributed by atoms with Gasteiger partial charge in [0.1, 0.15) is 0 Å². The van der Waals surface area contributed by atoms with Crippen LogP contribution in [0.2, 0.25) is 0 Å². The van der Waals surface area contributed by atoms with Crippen molar-refractivity contribution in [3.63, 3.8) is 0 Å². The molecule has 0 aliphatic carbocycles. The van der Waals surface area contributed by atoms with Gasteiger partial charge in [-0.05, 0) is 28.8 Å². The zero-order valence-corrected chi connectivity index (χ0v) is 11.3. The molecule has 2 aromatic carbocycles. The van der Waals surface area contributed by atoms with Gasteiger partial charge >= 0.3 is 0 Å². The fourth-order valence-corrected chi connectivity index (χ4v) is 2.13. The van der Waals surface area contributed by atoms with Crippen LogP contribution in [-0.4, -0.2) is 6.61 Å². The number of hydrogen-bond acceptors (Lipinski definition) is 2. The van der Waals surface area contributed by atoms with Crippen molar-refractivity contribution in [3.05, 3.63) is 48.0 Å². The van der Waals surface area contributed by atoms with E-state index >= 15 is 0 Å². The smallest absolute Gasteiger partial charge is 0.169 e. The molecule has 19 heavy (non-hydrogen) atoms. The van der Waals surface area contributed by atoms with Crippen molar-refractivity contribution in [2.45, 2.75) is 32.3 Å². The van der Waals surface area contributed by atoms with Crippen molar-refractivity contribution in [1.82, 2.24) is 0 Å². The molecule has 2 heteroatoms. The van der Waals surface area contributed by atoms with E-state index in [1.165, 1.54) is 5.39 Å². The summed E-state index contributed by atoms with van der Waals surface area (Å²) >= 11 is 0. The Hall–Kier alpha value is -1.85. The van der Waals surface area contributed by atoms with E-state index in [0.29, 0.717) is 6.61 Å². The third-order valence-corrected chi connectivity index (χ3v) is 3.23. The van der Waals surface area contributed by atoms with E-state index in [4.69, 9.17) is 4.74 Å². The molecule has 0 saturated heterocycles. The molecule has 0 aliphatic rings. The molecule has 2 aromatic rings. The van der Waals surface area contributed by atoms with Crippen LogP contribution in [0.1, 0.15) is 37.9 Å². The highest BCUT2D eigenvalue weighted by Gasteiger charge is 2.10. The standard InChI is InChI=1S/C17H19NO/c1-2-3-6-11-19-17(13-18)16-10-9-14-7-4-5-8-15(14)12-16/h4-5,7-10,12,17H,2-3,6,11H2,1H3. The highest BCUT2D eigenvalue weighted by Crippen LogP contribution is 2.22. The maximum Gasteiger partial charge on any atom is 0.169 e. The molecular weight excluding hydrogens is 234 g/mol. The highest BCUT2D eigenvalue weighted by molar-refractivity contribution is 5.83. The molecule has 0 heterocycles. The lowest BCUT2D eigenvalue weighted by atomic mass is 10.0. The van der Waals surface area contributed by atoms with Crippen molar-refractivity contribution in [2.75, 3.05) is 6.61 Å². The Morgan fingerprint density at radius 1 is 1.11 bits per heavy atom. The van der Waals surface area contributed by atoms with Crippen molar-refractivity contribution in [3.8, 4) is 6.07 Å². The van der Waals surface area contributed by atoms with Crippen LogP contribution in [0.15, 0.2) is 42.5 Å². The van der Waals surface area contributed by atoms with Crippen LogP contribution in [-0.2, 0) is 4.74 Å². The molecule has 0 aliphatic heterocycles. The van der Waals surface area contributed by atoms with Gasteiger partial charge in [-0.1, -0.05) is 56.2 Å². The quantitative estimate of drug-likeness (QED) is 0.704. The molecule has 0 fully saturated rings. The van der Waals surface area contributed by atoms with Crippen LogP contribution in [0, 0.1) is 11.3 Å². The lowest BCUT2D eigenvalue weighted by Crippen LogP contribution is -2.03. The molecule has 2 nitrogen and oxygen atoms in total. The van der Waals surface area contributed by atoms with Gasteiger partial charge in [0, 0.05) is 6.61 Å². The first-order chi connectivity index (χ1) is 9.35. The van der Waals surface area contributed by atoms with Crippen molar-refractivity contribution in [1.29, 1.82) is 5.26 Å². The van der Waals surface area contributed by atoms with Gasteiger partial charge in [0.25, 0.3) is 0 Å². The van der Waals surface area contributed by atoms with Gasteiger partial charge in [-0.15, -0.1) is 0 Å². The normalized spacial score (nSPS) is 12.2. The Bertz CT molecular complexity index is 571. The number of nitriles is 1. The highest BCUT2D eigenvalue weighted by atomic mass is 16.5. The van der Waals surface area contributed by atoms with Crippen LogP contribution >= 0.6 is 0 Å². The van der Waals surface area contributed by atoms with Crippen LogP contribution in [0.5, 0.6) is 0 Å². The minimum absolute atomic E-state index is 0.457. The number of fused-ring (bicyclic) bond motifs is 1. The van der Waals surface area contributed by atoms with E-state index in [0.717, 1.165) is 30.2 Å². The van der Waals surface area contributed by atoms with Crippen LogP contribution in [0.3, 0.4) is 0 Å². The third kappa shape index (κ3) is 3.56. The Balaban J connectivity index is 2.10. The summed E-state index contributed by atoms with van der Waals surface area (Å²) in [6, 6.07) is 16.5. The van der Waals surface area contributed by atoms with Gasteiger partial charge in [-0.2, -0.15) is 5.26 Å². The van der Waals surface area contributed by atoms with Crippen molar-refractivity contribution < 1.29 is 4.74 Å². The fourth-order valence-electron chi connectivity index (χ4n) is 2.13. The molecule has 1 atom stereocenters. The van der Waals surface area contributed by atoms with E-state index in [9.17, 15) is 5.26 Å². The molecular formula is C17H19NO. The van der Waals surface area contributed by atoms with E-state index in [2.05, 4.69) is 25.1 Å². The average molecular weight is 253 g/mol. The Morgan fingerprint density at radius 2 is 1.89 bits per heavy atom. The fraction of sp³-hybridized carbons (Fsp3) is 0.353. The number of hydrogen-bond donors (Lipinski definition) is 0. The summed E-state index contributed by atoms with van der Waals surface area (Å²) in [6.07, 6.45) is 2.87. The summed E-state index contributed by atoms with van der Waals surface area (Å²) in [5.74, 6) is 0. The molecule has 0 saturated carbocycles. The second-order valence-corrected chi connectivity index (χ2v) is 4.69. The van der Waals surface area contributed by atoms with E-state index in [1.54, 1.807) is 0 Å². The molecule has 2 rings (SSSR count). The number of rotatable bonds is 6. The second-order valence-electron chi connectivity index (χ2n) is 4.69. The first kappa shape index (κ1) is 13.6. The van der Waals surface area contributed by atoms with Crippen LogP contribution in [0.4, 0.5) is 0 Å². The van der Waals surface area contributed by atoms with Gasteiger partial charge in [0.05, 0.1) is 6.07 Å². The average Bonchev–Trinajstić information content (AvgIpc) is 2.47. The zero-order chi connectivity index (χ0) is 13.5. The summed E-state index contributed by atoms with van der Waals surface area (Å²) in [7, 11) is 0. The molecule has 1 unspecified atom stereocenters. The number of unbranched alkanes of at least 4 members (excludes halogenated alkanes) is 2. The SMILES string of the molecule is CCCCCOC(C#N)c1ccc2ccccc2c1. The summed E-state index contributed by atoms with van der Waals surface area (Å²) in [4.78, 5) is 0. The van der Waals surface area contributed by atoms with Gasteiger partial charge in [-0.25, -0.2) is 0 Å². The third-order valence-electron chi connectivity index (χ3n) is 3.23. The summed E-state index contributed by atoms with van der Waals surface area (Å²) in [6.45, 7) is 2.81. The lowest BCUT2D eigenvalue weighted by Gasteiger charge is -2.11. The Morgan fingerprint density at radius 3 is 2.63 bits per heavy atom. The summed E-state index contributed by atoms with van der Waals surface area (Å²) in [5.41, 5.74) is 0.942. The molecule has 98 valence electrons. The molecule has 0 bridgehead atoms. The van der Waals surface area contributed by atoms with Crippen molar-refractivity contribution in [2.24, 2.45) is 0 Å². The molecule has 0 N–H and O–H groups in total. The van der Waals surface area contributed by atoms with E-state index in [-0.39, 0.29) is 0 Å². The Kier molecular flexibility index (Phi) is 4.94. The van der Waals surface area contributed by atoms with Gasteiger partial charge in [-0.3, -0.25) is 0 Å². The van der Waals surface area contributed by atoms with E-state index in [1.807, 2.05) is 30.3 Å². The van der Waals surface area contributed by atoms with Crippen LogP contribution in [0.25, 0.3) is 10.8 Å². The number of benzene rings is 2. The second kappa shape index (κ2) is 6.92. The van der Waals surface area contributed by atoms with Crippen molar-refractivity contribution >= 4 is 10.8 Å². The van der Waals surface area contributed by atoms with Crippen LogP contribution < -0.4 is 0 Å². The van der Waals surface area contributed by atoms with Gasteiger partial charge < -0.3 is 4.74 Å².